The molecule has 2 saturated heterocycles. The zero-order chi connectivity index (χ0) is 13.3. The van der Waals surface area contributed by atoms with E-state index in [-0.39, 0.29) is 19.0 Å². The van der Waals surface area contributed by atoms with E-state index in [0.29, 0.717) is 26.3 Å². The van der Waals surface area contributed by atoms with Crippen molar-refractivity contribution in [2.45, 2.75) is 6.92 Å². The van der Waals surface area contributed by atoms with E-state index in [4.69, 9.17) is 9.84 Å². The van der Waals surface area contributed by atoms with Crippen molar-refractivity contribution in [2.75, 3.05) is 39.4 Å². The maximum Gasteiger partial charge on any atom is 0.308 e. The zero-order valence-corrected chi connectivity index (χ0v) is 11.1. The van der Waals surface area contributed by atoms with E-state index in [0.717, 1.165) is 0 Å². The summed E-state index contributed by atoms with van der Waals surface area (Å²) in [6, 6.07) is 0. The number of hydrogen-bond acceptors (Lipinski definition) is 4. The molecule has 0 radical (unpaired) electrons. The molecule has 0 aromatic carbocycles. The van der Waals surface area contributed by atoms with E-state index in [1.807, 2.05) is 0 Å². The van der Waals surface area contributed by atoms with Crippen LogP contribution in [-0.4, -0.2) is 67.5 Å². The minimum absolute atomic E-state index is 0.0657. The Bertz CT molecular complexity index is 418. The van der Waals surface area contributed by atoms with Gasteiger partial charge in [0.1, 0.15) is 0 Å². The van der Waals surface area contributed by atoms with Gasteiger partial charge in [0.2, 0.25) is 0 Å². The number of carbonyl (C=O) groups is 1. The van der Waals surface area contributed by atoms with Crippen molar-refractivity contribution in [3.63, 3.8) is 0 Å². The van der Waals surface area contributed by atoms with Crippen LogP contribution in [0.5, 0.6) is 0 Å². The lowest BCUT2D eigenvalue weighted by atomic mass is 9.99. The van der Waals surface area contributed by atoms with Crippen LogP contribution in [0.1, 0.15) is 6.92 Å². The zero-order valence-electron chi connectivity index (χ0n) is 10.3. The van der Waals surface area contributed by atoms with E-state index in [9.17, 15) is 13.2 Å². The molecule has 18 heavy (non-hydrogen) atoms. The first-order valence-electron chi connectivity index (χ1n) is 5.98. The molecule has 0 spiro atoms. The van der Waals surface area contributed by atoms with Crippen LogP contribution in [0.3, 0.4) is 0 Å². The second-order valence-electron chi connectivity index (χ2n) is 4.76. The van der Waals surface area contributed by atoms with Gasteiger partial charge in [-0.25, -0.2) is 0 Å². The topological polar surface area (TPSA) is 87.2 Å². The molecule has 2 rings (SSSR count). The van der Waals surface area contributed by atoms with E-state index in [2.05, 4.69) is 0 Å². The van der Waals surface area contributed by atoms with Crippen LogP contribution in [0, 0.1) is 11.8 Å². The van der Waals surface area contributed by atoms with E-state index in [1.54, 1.807) is 6.92 Å². The number of rotatable bonds is 3. The molecule has 104 valence electrons. The monoisotopic (exact) mass is 278 g/mol. The van der Waals surface area contributed by atoms with Crippen molar-refractivity contribution in [3.8, 4) is 0 Å². The summed E-state index contributed by atoms with van der Waals surface area (Å²) in [5.74, 6) is -1.69. The van der Waals surface area contributed by atoms with E-state index in [1.165, 1.54) is 8.61 Å². The molecular formula is C10H18N2O5S. The SMILES string of the molecule is CC1CN(S(=O)(=O)N2CCOCC2)CC1C(=O)O. The third kappa shape index (κ3) is 2.51. The summed E-state index contributed by atoms with van der Waals surface area (Å²) >= 11 is 0. The smallest absolute Gasteiger partial charge is 0.308 e. The standard InChI is InChI=1S/C10H18N2O5S/c1-8-6-12(7-9(8)10(13)14)18(15,16)11-2-4-17-5-3-11/h8-9H,2-7H2,1H3,(H,13,14). The molecule has 2 unspecified atom stereocenters. The Kier molecular flexibility index (Phi) is 3.90. The van der Waals surface area contributed by atoms with Gasteiger partial charge in [-0.05, 0) is 5.92 Å². The molecule has 2 aliphatic rings. The minimum atomic E-state index is -3.54. The first-order chi connectivity index (χ1) is 8.43. The molecule has 2 fully saturated rings. The fourth-order valence-electron chi connectivity index (χ4n) is 2.37. The van der Waals surface area contributed by atoms with Crippen molar-refractivity contribution in [3.05, 3.63) is 0 Å². The van der Waals surface area contributed by atoms with Gasteiger partial charge in [-0.1, -0.05) is 6.92 Å². The van der Waals surface area contributed by atoms with E-state index >= 15 is 0 Å². The lowest BCUT2D eigenvalue weighted by Gasteiger charge is -2.30. The summed E-state index contributed by atoms with van der Waals surface area (Å²) in [6.07, 6.45) is 0. The fourth-order valence-corrected chi connectivity index (χ4v) is 4.08. The van der Waals surface area contributed by atoms with Gasteiger partial charge in [0, 0.05) is 26.2 Å². The second kappa shape index (κ2) is 5.12. The van der Waals surface area contributed by atoms with Crippen molar-refractivity contribution in [1.82, 2.24) is 8.61 Å². The Hall–Kier alpha value is -0.700. The number of hydrogen-bond donors (Lipinski definition) is 1. The molecule has 1 N–H and O–H groups in total. The first kappa shape index (κ1) is 13.7. The number of carboxylic acids is 1. The fraction of sp³-hybridized carbons (Fsp3) is 0.900. The molecule has 0 amide bonds. The van der Waals surface area contributed by atoms with Crippen LogP contribution in [0.4, 0.5) is 0 Å². The van der Waals surface area contributed by atoms with Gasteiger partial charge < -0.3 is 9.84 Å². The van der Waals surface area contributed by atoms with Gasteiger partial charge in [-0.3, -0.25) is 4.79 Å². The number of ether oxygens (including phenoxy) is 1. The second-order valence-corrected chi connectivity index (χ2v) is 6.69. The Morgan fingerprint density at radius 2 is 1.83 bits per heavy atom. The van der Waals surface area contributed by atoms with Crippen molar-refractivity contribution >= 4 is 16.2 Å². The van der Waals surface area contributed by atoms with Crippen LogP contribution < -0.4 is 0 Å². The summed E-state index contributed by atoms with van der Waals surface area (Å²) < 4.78 is 32.4. The Labute approximate surface area is 106 Å². The average Bonchev–Trinajstić information content (AvgIpc) is 2.73. The van der Waals surface area contributed by atoms with Crippen molar-refractivity contribution < 1.29 is 23.1 Å². The van der Waals surface area contributed by atoms with Crippen LogP contribution >= 0.6 is 0 Å². The van der Waals surface area contributed by atoms with Crippen LogP contribution in [0.15, 0.2) is 0 Å². The third-order valence-corrected chi connectivity index (χ3v) is 5.49. The molecule has 2 heterocycles. The predicted octanol–water partition coefficient (Wildman–Crippen LogP) is -0.784. The lowest BCUT2D eigenvalue weighted by Crippen LogP contribution is -2.48. The molecule has 8 heteroatoms. The summed E-state index contributed by atoms with van der Waals surface area (Å²) in [4.78, 5) is 11.0. The number of nitrogens with zero attached hydrogens (tertiary/aromatic N) is 2. The number of carboxylic acid groups (broad SMARTS) is 1. The highest BCUT2D eigenvalue weighted by atomic mass is 32.2. The highest BCUT2D eigenvalue weighted by Gasteiger charge is 2.42. The summed E-state index contributed by atoms with van der Waals surface area (Å²) in [5.41, 5.74) is 0. The van der Waals surface area contributed by atoms with Gasteiger partial charge >= 0.3 is 5.97 Å². The van der Waals surface area contributed by atoms with Gasteiger partial charge in [0.25, 0.3) is 10.2 Å². The summed E-state index contributed by atoms with van der Waals surface area (Å²) in [5, 5.41) is 9.02. The van der Waals surface area contributed by atoms with Gasteiger partial charge in [0.15, 0.2) is 0 Å². The minimum Gasteiger partial charge on any atom is -0.481 e. The number of morpholine rings is 1. The largest absolute Gasteiger partial charge is 0.481 e. The van der Waals surface area contributed by atoms with Gasteiger partial charge in [-0.15, -0.1) is 0 Å². The third-order valence-electron chi connectivity index (χ3n) is 3.52. The molecule has 7 nitrogen and oxygen atoms in total. The molecule has 0 aliphatic carbocycles. The van der Waals surface area contributed by atoms with Crippen molar-refractivity contribution in [1.29, 1.82) is 0 Å². The van der Waals surface area contributed by atoms with Crippen LogP contribution in [0.25, 0.3) is 0 Å². The Morgan fingerprint density at radius 1 is 1.22 bits per heavy atom. The molecule has 2 aliphatic heterocycles. The highest BCUT2D eigenvalue weighted by molar-refractivity contribution is 7.86. The molecule has 0 aromatic heterocycles. The first-order valence-corrected chi connectivity index (χ1v) is 7.38. The highest BCUT2D eigenvalue weighted by Crippen LogP contribution is 2.27. The van der Waals surface area contributed by atoms with Crippen molar-refractivity contribution in [2.24, 2.45) is 11.8 Å². The maximum absolute atomic E-state index is 12.3. The lowest BCUT2D eigenvalue weighted by molar-refractivity contribution is -0.142. The number of aliphatic carboxylic acids is 1. The quantitative estimate of drug-likeness (QED) is 0.731. The molecule has 0 bridgehead atoms. The van der Waals surface area contributed by atoms with Crippen LogP contribution in [0.2, 0.25) is 0 Å². The molecular weight excluding hydrogens is 260 g/mol. The van der Waals surface area contributed by atoms with Gasteiger partial charge in [0.05, 0.1) is 19.1 Å². The summed E-state index contributed by atoms with van der Waals surface area (Å²) in [7, 11) is -3.54. The average molecular weight is 278 g/mol. The van der Waals surface area contributed by atoms with Gasteiger partial charge in [-0.2, -0.15) is 17.0 Å². The van der Waals surface area contributed by atoms with Crippen LogP contribution in [-0.2, 0) is 19.7 Å². The predicted molar refractivity (Wildman–Crippen MR) is 63.2 cm³/mol. The Morgan fingerprint density at radius 3 is 2.33 bits per heavy atom. The Balaban J connectivity index is 2.09. The molecule has 2 atom stereocenters. The van der Waals surface area contributed by atoms with E-state index < -0.39 is 22.1 Å². The molecule has 0 aromatic rings. The maximum atomic E-state index is 12.3. The normalized spacial score (nSPS) is 31.6. The summed E-state index contributed by atoms with van der Waals surface area (Å²) in [6.45, 7) is 3.58. The molecule has 0 saturated carbocycles.